The summed E-state index contributed by atoms with van der Waals surface area (Å²) in [6.45, 7) is 5.20. The number of carboxylic acid groups (broad SMARTS) is 1. The Morgan fingerprint density at radius 2 is 2.15 bits per heavy atom. The van der Waals surface area contributed by atoms with Gasteiger partial charge in [0.05, 0.1) is 19.0 Å². The summed E-state index contributed by atoms with van der Waals surface area (Å²) in [7, 11) is 0. The Morgan fingerprint density at radius 1 is 1.35 bits per heavy atom. The van der Waals surface area contributed by atoms with Gasteiger partial charge in [-0.15, -0.1) is 0 Å². The number of hydrogen-bond acceptors (Lipinski definition) is 4. The van der Waals surface area contributed by atoms with Crippen LogP contribution in [0.1, 0.15) is 12.8 Å². The molecule has 0 bridgehead atoms. The topological polar surface area (TPSA) is 59.0 Å². The third-order valence-corrected chi connectivity index (χ3v) is 3.38. The van der Waals surface area contributed by atoms with Crippen molar-refractivity contribution in [2.45, 2.75) is 12.8 Å². The molecule has 0 spiro atoms. The molecule has 5 heteroatoms. The fraction of sp³-hybridized carbons (Fsp3) is 0.533. The lowest BCUT2D eigenvalue weighted by Crippen LogP contribution is -2.38. The first-order chi connectivity index (χ1) is 9.74. The second kappa shape index (κ2) is 7.87. The summed E-state index contributed by atoms with van der Waals surface area (Å²) in [5.74, 6) is 0.0631. The molecule has 20 heavy (non-hydrogen) atoms. The van der Waals surface area contributed by atoms with E-state index in [-0.39, 0.29) is 0 Å². The number of allylic oxidation sites excluding steroid dienone is 5. The number of carboxylic acids is 1. The van der Waals surface area contributed by atoms with Crippen molar-refractivity contribution in [3.63, 3.8) is 0 Å². The van der Waals surface area contributed by atoms with E-state index in [9.17, 15) is 4.79 Å². The third kappa shape index (κ3) is 5.19. The minimum absolute atomic E-state index is 0.694. The first-order valence-corrected chi connectivity index (χ1v) is 6.98. The third-order valence-electron chi connectivity index (χ3n) is 3.38. The Bertz CT molecular complexity index is 420. The molecule has 1 aliphatic carbocycles. The Kier molecular flexibility index (Phi) is 5.83. The predicted molar refractivity (Wildman–Crippen MR) is 75.4 cm³/mol. The minimum Gasteiger partial charge on any atom is -0.497 e. The highest BCUT2D eigenvalue weighted by Gasteiger charge is 2.11. The molecular formula is C15H21NO4. The monoisotopic (exact) mass is 279 g/mol. The van der Waals surface area contributed by atoms with Gasteiger partial charge in [-0.1, -0.05) is 12.2 Å². The van der Waals surface area contributed by atoms with Gasteiger partial charge in [0, 0.05) is 32.1 Å². The van der Waals surface area contributed by atoms with E-state index in [4.69, 9.17) is 14.6 Å². The van der Waals surface area contributed by atoms with Crippen LogP contribution in [0.2, 0.25) is 0 Å². The second-order valence-electron chi connectivity index (χ2n) is 4.85. The van der Waals surface area contributed by atoms with E-state index in [1.165, 1.54) is 6.08 Å². The number of ether oxygens (including phenoxy) is 2. The summed E-state index contributed by atoms with van der Waals surface area (Å²) in [4.78, 5) is 12.8. The molecule has 0 aromatic heterocycles. The Morgan fingerprint density at radius 3 is 2.80 bits per heavy atom. The highest BCUT2D eigenvalue weighted by atomic mass is 16.5. The van der Waals surface area contributed by atoms with Crippen LogP contribution >= 0.6 is 0 Å². The van der Waals surface area contributed by atoms with E-state index < -0.39 is 5.97 Å². The van der Waals surface area contributed by atoms with E-state index in [0.717, 1.165) is 57.0 Å². The molecule has 1 heterocycles. The number of rotatable bonds is 6. The number of carbonyl (C=O) groups is 1. The van der Waals surface area contributed by atoms with Gasteiger partial charge < -0.3 is 14.6 Å². The Balaban J connectivity index is 1.70. The molecule has 1 N–H and O–H groups in total. The van der Waals surface area contributed by atoms with Gasteiger partial charge in [-0.05, 0) is 18.1 Å². The van der Waals surface area contributed by atoms with Gasteiger partial charge in [0.25, 0.3) is 0 Å². The first kappa shape index (κ1) is 14.8. The van der Waals surface area contributed by atoms with Crippen molar-refractivity contribution in [2.75, 3.05) is 39.5 Å². The van der Waals surface area contributed by atoms with Gasteiger partial charge in [-0.3, -0.25) is 4.90 Å². The summed E-state index contributed by atoms with van der Waals surface area (Å²) in [5.41, 5.74) is 1.02. The molecular weight excluding hydrogens is 258 g/mol. The van der Waals surface area contributed by atoms with Crippen LogP contribution in [0.25, 0.3) is 0 Å². The predicted octanol–water partition coefficient (Wildman–Crippen LogP) is 1.58. The van der Waals surface area contributed by atoms with Gasteiger partial charge in [0.2, 0.25) is 0 Å². The Labute approximate surface area is 119 Å². The standard InChI is InChI=1S/C15H21NO4/c17-15(18)6-3-13-1-4-14(5-2-13)20-12-9-16-7-10-19-11-8-16/h1,3-4,6H,2,5,7-12H2,(H,17,18)/b6-3+. The highest BCUT2D eigenvalue weighted by molar-refractivity contribution is 5.80. The Hall–Kier alpha value is -1.59. The quantitative estimate of drug-likeness (QED) is 0.748. The van der Waals surface area contributed by atoms with Crippen LogP contribution in [-0.4, -0.2) is 55.4 Å². The lowest BCUT2D eigenvalue weighted by atomic mass is 10.0. The fourth-order valence-electron chi connectivity index (χ4n) is 2.20. The maximum atomic E-state index is 10.4. The van der Waals surface area contributed by atoms with Crippen LogP contribution in [0.5, 0.6) is 0 Å². The van der Waals surface area contributed by atoms with Gasteiger partial charge in [-0.25, -0.2) is 4.79 Å². The van der Waals surface area contributed by atoms with Crippen LogP contribution in [0.3, 0.4) is 0 Å². The van der Waals surface area contributed by atoms with E-state index >= 15 is 0 Å². The van der Waals surface area contributed by atoms with Gasteiger partial charge in [-0.2, -0.15) is 0 Å². The normalized spacial score (nSPS) is 20.6. The summed E-state index contributed by atoms with van der Waals surface area (Å²) >= 11 is 0. The van der Waals surface area contributed by atoms with Crippen molar-refractivity contribution in [3.05, 3.63) is 35.6 Å². The van der Waals surface area contributed by atoms with Crippen LogP contribution in [0.4, 0.5) is 0 Å². The van der Waals surface area contributed by atoms with Crippen molar-refractivity contribution in [3.8, 4) is 0 Å². The van der Waals surface area contributed by atoms with E-state index in [1.54, 1.807) is 6.08 Å². The molecule has 0 amide bonds. The van der Waals surface area contributed by atoms with E-state index in [1.807, 2.05) is 12.2 Å². The molecule has 1 saturated heterocycles. The van der Waals surface area contributed by atoms with Gasteiger partial charge >= 0.3 is 5.97 Å². The number of hydrogen-bond donors (Lipinski definition) is 1. The molecule has 0 aromatic rings. The average Bonchev–Trinajstić information content (AvgIpc) is 2.47. The lowest BCUT2D eigenvalue weighted by molar-refractivity contribution is -0.131. The fourth-order valence-corrected chi connectivity index (χ4v) is 2.20. The molecule has 0 atom stereocenters. The average molecular weight is 279 g/mol. The molecule has 2 rings (SSSR count). The maximum absolute atomic E-state index is 10.4. The van der Waals surface area contributed by atoms with Crippen molar-refractivity contribution >= 4 is 5.97 Å². The minimum atomic E-state index is -0.914. The molecule has 1 fully saturated rings. The van der Waals surface area contributed by atoms with Crippen LogP contribution in [-0.2, 0) is 14.3 Å². The molecule has 0 aromatic carbocycles. The van der Waals surface area contributed by atoms with Crippen molar-refractivity contribution in [1.29, 1.82) is 0 Å². The van der Waals surface area contributed by atoms with Crippen LogP contribution < -0.4 is 0 Å². The molecule has 5 nitrogen and oxygen atoms in total. The number of morpholine rings is 1. The van der Waals surface area contributed by atoms with Crippen molar-refractivity contribution < 1.29 is 19.4 Å². The summed E-state index contributed by atoms with van der Waals surface area (Å²) in [6.07, 6.45) is 8.33. The number of aliphatic carboxylic acids is 1. The molecule has 2 aliphatic rings. The lowest BCUT2D eigenvalue weighted by Gasteiger charge is -2.26. The zero-order valence-corrected chi connectivity index (χ0v) is 11.6. The van der Waals surface area contributed by atoms with Crippen LogP contribution in [0, 0.1) is 0 Å². The largest absolute Gasteiger partial charge is 0.497 e. The van der Waals surface area contributed by atoms with Crippen molar-refractivity contribution in [1.82, 2.24) is 4.90 Å². The zero-order chi connectivity index (χ0) is 14.2. The number of nitrogens with zero attached hydrogens (tertiary/aromatic N) is 1. The van der Waals surface area contributed by atoms with E-state index in [2.05, 4.69) is 4.90 Å². The van der Waals surface area contributed by atoms with Crippen molar-refractivity contribution in [2.24, 2.45) is 0 Å². The first-order valence-electron chi connectivity index (χ1n) is 6.98. The van der Waals surface area contributed by atoms with E-state index in [0.29, 0.717) is 6.61 Å². The zero-order valence-electron chi connectivity index (χ0n) is 11.6. The molecule has 0 saturated carbocycles. The SMILES string of the molecule is O=C(O)/C=C/C1=CC=C(OCCN2CCOCC2)CC1. The second-order valence-corrected chi connectivity index (χ2v) is 4.85. The summed E-state index contributed by atoms with van der Waals surface area (Å²) < 4.78 is 11.1. The molecule has 0 radical (unpaired) electrons. The highest BCUT2D eigenvalue weighted by Crippen LogP contribution is 2.20. The van der Waals surface area contributed by atoms with Gasteiger partial charge in [0.1, 0.15) is 6.61 Å². The molecule has 110 valence electrons. The van der Waals surface area contributed by atoms with Crippen LogP contribution in [0.15, 0.2) is 35.6 Å². The molecule has 0 unspecified atom stereocenters. The maximum Gasteiger partial charge on any atom is 0.328 e. The molecule has 1 aliphatic heterocycles. The smallest absolute Gasteiger partial charge is 0.328 e. The summed E-state index contributed by atoms with van der Waals surface area (Å²) in [5, 5.41) is 8.57. The van der Waals surface area contributed by atoms with Gasteiger partial charge in [0.15, 0.2) is 0 Å². The summed E-state index contributed by atoms with van der Waals surface area (Å²) in [6, 6.07) is 0.